The van der Waals surface area contributed by atoms with E-state index in [1.807, 2.05) is 12.1 Å². The molecule has 2 amide bonds. The van der Waals surface area contributed by atoms with Gasteiger partial charge >= 0.3 is 0 Å². The Bertz CT molecular complexity index is 939. The van der Waals surface area contributed by atoms with Gasteiger partial charge < -0.3 is 16.0 Å². The molecule has 7 heteroatoms. The molecule has 3 aromatic rings. The summed E-state index contributed by atoms with van der Waals surface area (Å²) < 4.78 is 0. The van der Waals surface area contributed by atoms with Crippen LogP contribution in [0, 0.1) is 0 Å². The summed E-state index contributed by atoms with van der Waals surface area (Å²) in [6.45, 7) is 1.46. The number of anilines is 4. The van der Waals surface area contributed by atoms with Crippen LogP contribution in [0.3, 0.4) is 0 Å². The zero-order chi connectivity index (χ0) is 19.2. The van der Waals surface area contributed by atoms with Gasteiger partial charge in [-0.3, -0.25) is 9.59 Å². The second kappa shape index (κ2) is 8.33. The van der Waals surface area contributed by atoms with Crippen LogP contribution in [0.4, 0.5) is 22.9 Å². The smallest absolute Gasteiger partial charge is 0.257 e. The Morgan fingerprint density at radius 3 is 2.00 bits per heavy atom. The van der Waals surface area contributed by atoms with E-state index in [-0.39, 0.29) is 11.8 Å². The van der Waals surface area contributed by atoms with Gasteiger partial charge in [-0.15, -0.1) is 0 Å². The lowest BCUT2D eigenvalue weighted by molar-refractivity contribution is -0.114. The minimum Gasteiger partial charge on any atom is -0.340 e. The van der Waals surface area contributed by atoms with Crippen LogP contribution in [0.25, 0.3) is 0 Å². The Kier molecular flexibility index (Phi) is 5.68. The van der Waals surface area contributed by atoms with Crippen LogP contribution in [0.15, 0.2) is 66.9 Å². The van der Waals surface area contributed by atoms with E-state index in [9.17, 15) is 9.59 Å². The monoisotopic (exact) mass is 380 g/mol. The molecule has 0 fully saturated rings. The second-order valence-corrected chi connectivity index (χ2v) is 6.21. The summed E-state index contributed by atoms with van der Waals surface area (Å²) in [4.78, 5) is 27.5. The summed E-state index contributed by atoms with van der Waals surface area (Å²) in [5.41, 5.74) is 2.63. The van der Waals surface area contributed by atoms with Gasteiger partial charge in [0.25, 0.3) is 5.91 Å². The number of nitrogens with zero attached hydrogens (tertiary/aromatic N) is 1. The largest absolute Gasteiger partial charge is 0.340 e. The normalized spacial score (nSPS) is 10.1. The number of rotatable bonds is 5. The topological polar surface area (TPSA) is 83.1 Å². The van der Waals surface area contributed by atoms with Crippen molar-refractivity contribution in [2.24, 2.45) is 0 Å². The van der Waals surface area contributed by atoms with Gasteiger partial charge in [-0.2, -0.15) is 0 Å². The SMILES string of the molecule is CC(=O)Nc1ccc(Nc2ccc(C(=O)Nc3ccc(Cl)cc3)cn2)cc1. The maximum Gasteiger partial charge on any atom is 0.257 e. The van der Waals surface area contributed by atoms with Crippen molar-refractivity contribution in [3.8, 4) is 0 Å². The van der Waals surface area contributed by atoms with Gasteiger partial charge in [0.2, 0.25) is 5.91 Å². The van der Waals surface area contributed by atoms with Crippen molar-refractivity contribution < 1.29 is 9.59 Å². The number of carbonyl (C=O) groups excluding carboxylic acids is 2. The van der Waals surface area contributed by atoms with Crippen LogP contribution in [0.5, 0.6) is 0 Å². The molecule has 1 heterocycles. The van der Waals surface area contributed by atoms with E-state index in [1.54, 1.807) is 48.5 Å². The van der Waals surface area contributed by atoms with Crippen LogP contribution in [-0.4, -0.2) is 16.8 Å². The van der Waals surface area contributed by atoms with Crippen LogP contribution in [0.1, 0.15) is 17.3 Å². The maximum atomic E-state index is 12.3. The maximum absolute atomic E-state index is 12.3. The average molecular weight is 381 g/mol. The molecule has 0 saturated carbocycles. The lowest BCUT2D eigenvalue weighted by Gasteiger charge is -2.08. The van der Waals surface area contributed by atoms with E-state index < -0.39 is 0 Å². The molecule has 0 bridgehead atoms. The molecule has 0 saturated heterocycles. The molecule has 0 aliphatic heterocycles. The molecule has 3 rings (SSSR count). The van der Waals surface area contributed by atoms with Gasteiger partial charge in [0, 0.05) is 35.2 Å². The first-order valence-electron chi connectivity index (χ1n) is 8.17. The quantitative estimate of drug-likeness (QED) is 0.599. The Balaban J connectivity index is 1.61. The fraction of sp³-hybridized carbons (Fsp3) is 0.0500. The van der Waals surface area contributed by atoms with Gasteiger partial charge in [0.05, 0.1) is 5.56 Å². The fourth-order valence-corrected chi connectivity index (χ4v) is 2.45. The van der Waals surface area contributed by atoms with Crippen LogP contribution < -0.4 is 16.0 Å². The van der Waals surface area contributed by atoms with Crippen molar-refractivity contribution in [2.45, 2.75) is 6.92 Å². The van der Waals surface area contributed by atoms with Crippen molar-refractivity contribution in [1.29, 1.82) is 0 Å². The number of halogens is 1. The Labute approximate surface area is 161 Å². The van der Waals surface area contributed by atoms with E-state index in [0.717, 1.165) is 11.4 Å². The molecule has 136 valence electrons. The lowest BCUT2D eigenvalue weighted by Crippen LogP contribution is -2.12. The average Bonchev–Trinajstić information content (AvgIpc) is 2.65. The Morgan fingerprint density at radius 2 is 1.41 bits per heavy atom. The van der Waals surface area contributed by atoms with Gasteiger partial charge in [-0.25, -0.2) is 4.98 Å². The van der Waals surface area contributed by atoms with E-state index in [1.165, 1.54) is 13.1 Å². The summed E-state index contributed by atoms with van der Waals surface area (Å²) in [5.74, 6) is 0.228. The minimum absolute atomic E-state index is 0.121. The number of pyridine rings is 1. The number of carbonyl (C=O) groups is 2. The number of hydrogen-bond acceptors (Lipinski definition) is 4. The molecule has 2 aromatic carbocycles. The highest BCUT2D eigenvalue weighted by Crippen LogP contribution is 2.18. The zero-order valence-electron chi connectivity index (χ0n) is 14.5. The highest BCUT2D eigenvalue weighted by atomic mass is 35.5. The third-order valence-electron chi connectivity index (χ3n) is 3.61. The molecule has 0 aliphatic carbocycles. The summed E-state index contributed by atoms with van der Waals surface area (Å²) in [7, 11) is 0. The number of nitrogens with one attached hydrogen (secondary N) is 3. The summed E-state index contributed by atoms with van der Waals surface area (Å²) in [5, 5.41) is 9.23. The summed E-state index contributed by atoms with van der Waals surface area (Å²) in [6, 6.07) is 17.5. The van der Waals surface area contributed by atoms with Crippen molar-refractivity contribution in [1.82, 2.24) is 4.98 Å². The molecule has 3 N–H and O–H groups in total. The van der Waals surface area contributed by atoms with Crippen molar-refractivity contribution >= 4 is 46.3 Å². The van der Waals surface area contributed by atoms with Crippen molar-refractivity contribution in [2.75, 3.05) is 16.0 Å². The van der Waals surface area contributed by atoms with E-state index in [2.05, 4.69) is 20.9 Å². The number of hydrogen-bond donors (Lipinski definition) is 3. The first kappa shape index (κ1) is 18.4. The highest BCUT2D eigenvalue weighted by Gasteiger charge is 2.07. The van der Waals surface area contributed by atoms with Gasteiger partial charge in [0.15, 0.2) is 0 Å². The fourth-order valence-electron chi connectivity index (χ4n) is 2.33. The summed E-state index contributed by atoms with van der Waals surface area (Å²) >= 11 is 5.83. The van der Waals surface area contributed by atoms with Crippen molar-refractivity contribution in [3.05, 3.63) is 77.4 Å². The molecule has 0 atom stereocenters. The molecule has 6 nitrogen and oxygen atoms in total. The third-order valence-corrected chi connectivity index (χ3v) is 3.86. The molecule has 1 aromatic heterocycles. The molecule has 27 heavy (non-hydrogen) atoms. The minimum atomic E-state index is -0.254. The van der Waals surface area contributed by atoms with E-state index in [4.69, 9.17) is 11.6 Å². The van der Waals surface area contributed by atoms with Gasteiger partial charge in [-0.05, 0) is 60.7 Å². The molecule has 0 aliphatic rings. The van der Waals surface area contributed by atoms with Crippen LogP contribution in [0.2, 0.25) is 5.02 Å². The highest BCUT2D eigenvalue weighted by molar-refractivity contribution is 6.30. The third kappa shape index (κ3) is 5.29. The lowest BCUT2D eigenvalue weighted by atomic mass is 10.2. The zero-order valence-corrected chi connectivity index (χ0v) is 15.2. The standard InChI is InChI=1S/C20H17ClN4O2/c1-13(26)23-16-7-9-17(10-8-16)24-19-11-2-14(12-22-19)20(27)25-18-5-3-15(21)4-6-18/h2-12H,1H3,(H,22,24)(H,23,26)(H,25,27). The Hall–Kier alpha value is -3.38. The number of aromatic nitrogens is 1. The molecule has 0 unspecified atom stereocenters. The molecular weight excluding hydrogens is 364 g/mol. The predicted molar refractivity (Wildman–Crippen MR) is 108 cm³/mol. The molecule has 0 spiro atoms. The van der Waals surface area contributed by atoms with E-state index in [0.29, 0.717) is 22.1 Å². The van der Waals surface area contributed by atoms with Crippen LogP contribution in [-0.2, 0) is 4.79 Å². The van der Waals surface area contributed by atoms with Crippen molar-refractivity contribution in [3.63, 3.8) is 0 Å². The first-order chi connectivity index (χ1) is 13.0. The molecule has 0 radical (unpaired) electrons. The molecular formula is C20H17ClN4O2. The van der Waals surface area contributed by atoms with E-state index >= 15 is 0 Å². The number of benzene rings is 2. The number of amides is 2. The Morgan fingerprint density at radius 1 is 0.815 bits per heavy atom. The first-order valence-corrected chi connectivity index (χ1v) is 8.55. The van der Waals surface area contributed by atoms with Gasteiger partial charge in [-0.1, -0.05) is 11.6 Å². The second-order valence-electron chi connectivity index (χ2n) is 5.78. The summed E-state index contributed by atoms with van der Waals surface area (Å²) in [6.07, 6.45) is 1.50. The predicted octanol–water partition coefficient (Wildman–Crippen LogP) is 4.69. The van der Waals surface area contributed by atoms with Crippen LogP contribution >= 0.6 is 11.6 Å². The van der Waals surface area contributed by atoms with Gasteiger partial charge in [0.1, 0.15) is 5.82 Å².